The van der Waals surface area contributed by atoms with Crippen molar-refractivity contribution in [3.63, 3.8) is 0 Å². The molecule has 2 aromatic rings. The quantitative estimate of drug-likeness (QED) is 0.768. The van der Waals surface area contributed by atoms with Crippen LogP contribution in [-0.4, -0.2) is 6.61 Å². The van der Waals surface area contributed by atoms with Gasteiger partial charge in [0.1, 0.15) is 0 Å². The lowest BCUT2D eigenvalue weighted by Crippen LogP contribution is -2.19. The Hall–Kier alpha value is -1.12. The summed E-state index contributed by atoms with van der Waals surface area (Å²) in [5, 5.41) is 0. The van der Waals surface area contributed by atoms with E-state index in [0.29, 0.717) is 5.92 Å². The Bertz CT molecular complexity index is 549. The minimum atomic E-state index is -0.154. The maximum Gasteiger partial charge on any atom is 0.0910 e. The maximum atomic E-state index is 6.11. The topological polar surface area (TPSA) is 9.23 Å². The predicted molar refractivity (Wildman–Crippen MR) is 81.2 cm³/mol. The van der Waals surface area contributed by atoms with Crippen molar-refractivity contribution in [2.45, 2.75) is 24.9 Å². The van der Waals surface area contributed by atoms with E-state index in [1.807, 2.05) is 6.07 Å². The van der Waals surface area contributed by atoms with Gasteiger partial charge in [-0.15, -0.1) is 0 Å². The summed E-state index contributed by atoms with van der Waals surface area (Å²) in [5.74, 6) is 0.485. The third kappa shape index (κ3) is 2.60. The summed E-state index contributed by atoms with van der Waals surface area (Å²) in [4.78, 5) is 0. The van der Waals surface area contributed by atoms with E-state index in [1.54, 1.807) is 0 Å². The highest BCUT2D eigenvalue weighted by molar-refractivity contribution is 9.10. The molecular weight excluding hydrogens is 300 g/mol. The number of halogens is 1. The number of ether oxygens (including phenoxy) is 1. The number of benzene rings is 2. The average molecular weight is 317 g/mol. The van der Waals surface area contributed by atoms with Crippen molar-refractivity contribution >= 4 is 15.9 Å². The Labute approximate surface area is 122 Å². The fourth-order valence-electron chi connectivity index (χ4n) is 2.81. The van der Waals surface area contributed by atoms with Crippen LogP contribution in [0.15, 0.2) is 59.1 Å². The molecule has 0 bridgehead atoms. The molecule has 0 saturated carbocycles. The summed E-state index contributed by atoms with van der Waals surface area (Å²) < 4.78 is 7.24. The van der Waals surface area contributed by atoms with Crippen molar-refractivity contribution in [1.29, 1.82) is 0 Å². The molecule has 2 heteroatoms. The molecule has 1 heterocycles. The van der Waals surface area contributed by atoms with Gasteiger partial charge in [-0.05, 0) is 36.6 Å². The summed E-state index contributed by atoms with van der Waals surface area (Å²) in [6.07, 6.45) is 1.04. The Morgan fingerprint density at radius 2 is 1.74 bits per heavy atom. The monoisotopic (exact) mass is 316 g/mol. The second-order valence-electron chi connectivity index (χ2n) is 5.36. The van der Waals surface area contributed by atoms with Crippen LogP contribution in [0.2, 0.25) is 0 Å². The minimum Gasteiger partial charge on any atom is -0.370 e. The SMILES string of the molecule is C[C@]1(c2ccccc2)C[C@@H](c2ccc(Br)cc2)CO1. The van der Waals surface area contributed by atoms with Gasteiger partial charge in [0.25, 0.3) is 0 Å². The van der Waals surface area contributed by atoms with Crippen LogP contribution in [0, 0.1) is 0 Å². The van der Waals surface area contributed by atoms with Crippen LogP contribution >= 0.6 is 15.9 Å². The molecule has 0 spiro atoms. The van der Waals surface area contributed by atoms with Gasteiger partial charge in [0, 0.05) is 10.4 Å². The fraction of sp³-hybridized carbons (Fsp3) is 0.294. The summed E-state index contributed by atoms with van der Waals surface area (Å²) in [6.45, 7) is 2.99. The first kappa shape index (κ1) is 12.9. The molecule has 1 nitrogen and oxygen atoms in total. The summed E-state index contributed by atoms with van der Waals surface area (Å²) in [6, 6.07) is 19.1. The lowest BCUT2D eigenvalue weighted by Gasteiger charge is -2.23. The van der Waals surface area contributed by atoms with Crippen molar-refractivity contribution in [2.24, 2.45) is 0 Å². The van der Waals surface area contributed by atoms with Crippen molar-refractivity contribution in [3.8, 4) is 0 Å². The van der Waals surface area contributed by atoms with E-state index in [1.165, 1.54) is 11.1 Å². The maximum absolute atomic E-state index is 6.11. The highest BCUT2D eigenvalue weighted by atomic mass is 79.9. The summed E-state index contributed by atoms with van der Waals surface area (Å²) in [7, 11) is 0. The van der Waals surface area contributed by atoms with E-state index in [4.69, 9.17) is 4.74 Å². The Morgan fingerprint density at radius 3 is 2.42 bits per heavy atom. The number of hydrogen-bond acceptors (Lipinski definition) is 1. The second kappa shape index (κ2) is 5.10. The lowest BCUT2D eigenvalue weighted by atomic mass is 9.86. The van der Waals surface area contributed by atoms with Crippen molar-refractivity contribution in [3.05, 3.63) is 70.2 Å². The Morgan fingerprint density at radius 1 is 1.05 bits per heavy atom. The van der Waals surface area contributed by atoms with Gasteiger partial charge >= 0.3 is 0 Å². The zero-order chi connectivity index (χ0) is 13.3. The van der Waals surface area contributed by atoms with Gasteiger partial charge in [0.05, 0.1) is 12.2 Å². The second-order valence-corrected chi connectivity index (χ2v) is 6.28. The fourth-order valence-corrected chi connectivity index (χ4v) is 3.08. The van der Waals surface area contributed by atoms with Gasteiger partial charge in [-0.2, -0.15) is 0 Å². The van der Waals surface area contributed by atoms with Gasteiger partial charge < -0.3 is 4.74 Å². The van der Waals surface area contributed by atoms with Gasteiger partial charge in [-0.25, -0.2) is 0 Å². The highest BCUT2D eigenvalue weighted by Crippen LogP contribution is 2.42. The predicted octanol–water partition coefficient (Wildman–Crippen LogP) is 4.87. The van der Waals surface area contributed by atoms with Crippen LogP contribution in [0.4, 0.5) is 0 Å². The Balaban J connectivity index is 1.82. The van der Waals surface area contributed by atoms with Crippen LogP contribution in [0.25, 0.3) is 0 Å². The average Bonchev–Trinajstić information content (AvgIpc) is 2.85. The van der Waals surface area contributed by atoms with E-state index in [9.17, 15) is 0 Å². The van der Waals surface area contributed by atoms with Crippen molar-refractivity contribution < 1.29 is 4.74 Å². The lowest BCUT2D eigenvalue weighted by molar-refractivity contribution is 0.0164. The third-order valence-electron chi connectivity index (χ3n) is 3.96. The molecule has 19 heavy (non-hydrogen) atoms. The van der Waals surface area contributed by atoms with E-state index in [2.05, 4.69) is 71.4 Å². The molecule has 0 radical (unpaired) electrons. The highest BCUT2D eigenvalue weighted by Gasteiger charge is 2.38. The molecule has 1 fully saturated rings. The molecule has 0 aromatic heterocycles. The molecule has 2 atom stereocenters. The molecule has 0 unspecified atom stereocenters. The van der Waals surface area contributed by atoms with E-state index >= 15 is 0 Å². The van der Waals surface area contributed by atoms with Crippen LogP contribution in [-0.2, 0) is 10.3 Å². The van der Waals surface area contributed by atoms with Crippen molar-refractivity contribution in [1.82, 2.24) is 0 Å². The normalized spacial score (nSPS) is 26.5. The number of hydrogen-bond donors (Lipinski definition) is 0. The molecule has 2 aromatic carbocycles. The van der Waals surface area contributed by atoms with E-state index < -0.39 is 0 Å². The largest absolute Gasteiger partial charge is 0.370 e. The zero-order valence-electron chi connectivity index (χ0n) is 11.0. The molecule has 1 saturated heterocycles. The van der Waals surface area contributed by atoms with E-state index in [-0.39, 0.29) is 5.60 Å². The molecule has 1 aliphatic rings. The summed E-state index contributed by atoms with van der Waals surface area (Å²) in [5.41, 5.74) is 2.48. The van der Waals surface area contributed by atoms with Gasteiger partial charge in [-0.3, -0.25) is 0 Å². The standard InChI is InChI=1S/C17H17BrO/c1-17(15-5-3-2-4-6-15)11-14(12-19-17)13-7-9-16(18)10-8-13/h2-10,14H,11-12H2,1H3/t14-,17-/m1/s1. The first-order valence-corrected chi connectivity index (χ1v) is 7.42. The smallest absolute Gasteiger partial charge is 0.0910 e. The van der Waals surface area contributed by atoms with Gasteiger partial charge in [-0.1, -0.05) is 58.4 Å². The van der Waals surface area contributed by atoms with E-state index in [0.717, 1.165) is 17.5 Å². The van der Waals surface area contributed by atoms with Crippen LogP contribution < -0.4 is 0 Å². The third-order valence-corrected chi connectivity index (χ3v) is 4.49. The summed E-state index contributed by atoms with van der Waals surface area (Å²) >= 11 is 3.48. The van der Waals surface area contributed by atoms with Crippen LogP contribution in [0.5, 0.6) is 0 Å². The van der Waals surface area contributed by atoms with Gasteiger partial charge in [0.2, 0.25) is 0 Å². The van der Waals surface area contributed by atoms with Crippen LogP contribution in [0.3, 0.4) is 0 Å². The minimum absolute atomic E-state index is 0.154. The Kier molecular flexibility index (Phi) is 3.46. The first-order chi connectivity index (χ1) is 9.17. The first-order valence-electron chi connectivity index (χ1n) is 6.62. The molecule has 0 N–H and O–H groups in total. The molecule has 0 amide bonds. The molecule has 3 rings (SSSR count). The van der Waals surface area contributed by atoms with Gasteiger partial charge in [0.15, 0.2) is 0 Å². The molecular formula is C17H17BrO. The number of rotatable bonds is 2. The van der Waals surface area contributed by atoms with Crippen molar-refractivity contribution in [2.75, 3.05) is 6.61 Å². The molecule has 98 valence electrons. The van der Waals surface area contributed by atoms with Crippen LogP contribution in [0.1, 0.15) is 30.4 Å². The zero-order valence-corrected chi connectivity index (χ0v) is 12.6. The molecule has 1 aliphatic heterocycles. The molecule has 0 aliphatic carbocycles.